The van der Waals surface area contributed by atoms with Gasteiger partial charge in [-0.05, 0) is 31.2 Å². The van der Waals surface area contributed by atoms with Crippen LogP contribution in [0.25, 0.3) is 10.9 Å². The summed E-state index contributed by atoms with van der Waals surface area (Å²) in [4.78, 5) is 19.8. The summed E-state index contributed by atoms with van der Waals surface area (Å²) in [5.41, 5.74) is -0.544. The van der Waals surface area contributed by atoms with E-state index in [1.165, 1.54) is 18.0 Å². The van der Waals surface area contributed by atoms with Crippen LogP contribution in [0.5, 0.6) is 11.5 Å². The Labute approximate surface area is 170 Å². The lowest BCUT2D eigenvalue weighted by Crippen LogP contribution is -2.49. The summed E-state index contributed by atoms with van der Waals surface area (Å²) in [6.45, 7) is 4.62. The van der Waals surface area contributed by atoms with Gasteiger partial charge in [-0.1, -0.05) is 0 Å². The number of nitrogens with zero attached hydrogens (tertiary/aromatic N) is 3. The van der Waals surface area contributed by atoms with E-state index in [0.29, 0.717) is 41.2 Å². The first-order chi connectivity index (χ1) is 14.0. The van der Waals surface area contributed by atoms with Gasteiger partial charge in [-0.15, -0.1) is 0 Å². The molecule has 1 N–H and O–H groups in total. The quantitative estimate of drug-likeness (QED) is 0.777. The molecule has 29 heavy (non-hydrogen) atoms. The van der Waals surface area contributed by atoms with E-state index in [4.69, 9.17) is 14.2 Å². The SMILES string of the molecule is COc1cc2ncn(CC3(O)CCN(C[C@H]4CCOC4)CC3)c(=O)c2cc1OC. The third kappa shape index (κ3) is 4.24. The average Bonchev–Trinajstić information content (AvgIpc) is 3.24. The number of methoxy groups -OCH3 is 2. The van der Waals surface area contributed by atoms with Crippen LogP contribution in [0.2, 0.25) is 0 Å². The molecule has 2 aromatic rings. The summed E-state index contributed by atoms with van der Waals surface area (Å²) in [6, 6.07) is 3.34. The molecule has 0 spiro atoms. The number of fused-ring (bicyclic) bond motifs is 1. The molecule has 1 aromatic carbocycles. The fraction of sp³-hybridized carbons (Fsp3) is 0.619. The van der Waals surface area contributed by atoms with Gasteiger partial charge in [0.05, 0.1) is 50.2 Å². The Morgan fingerprint density at radius 1 is 1.24 bits per heavy atom. The van der Waals surface area contributed by atoms with E-state index in [1.54, 1.807) is 19.2 Å². The molecule has 2 aliphatic rings. The first kappa shape index (κ1) is 20.1. The van der Waals surface area contributed by atoms with Crippen LogP contribution in [0.4, 0.5) is 0 Å². The summed E-state index contributed by atoms with van der Waals surface area (Å²) in [5, 5.41) is 11.6. The molecule has 0 bridgehead atoms. The lowest BCUT2D eigenvalue weighted by atomic mass is 9.90. The first-order valence-electron chi connectivity index (χ1n) is 10.1. The maximum Gasteiger partial charge on any atom is 0.261 e. The molecule has 1 atom stereocenters. The Balaban J connectivity index is 1.48. The predicted molar refractivity (Wildman–Crippen MR) is 109 cm³/mol. The number of piperidine rings is 1. The van der Waals surface area contributed by atoms with E-state index >= 15 is 0 Å². The maximum absolute atomic E-state index is 13.0. The largest absolute Gasteiger partial charge is 0.493 e. The fourth-order valence-corrected chi connectivity index (χ4v) is 4.32. The molecular formula is C21H29N3O5. The summed E-state index contributed by atoms with van der Waals surface area (Å²) in [5.74, 6) is 1.61. The third-order valence-corrected chi connectivity index (χ3v) is 6.12. The van der Waals surface area contributed by atoms with Crippen LogP contribution >= 0.6 is 0 Å². The summed E-state index contributed by atoms with van der Waals surface area (Å²) < 4.78 is 17.6. The normalized spacial score (nSPS) is 22.1. The molecule has 2 saturated heterocycles. The van der Waals surface area contributed by atoms with E-state index in [9.17, 15) is 9.90 Å². The minimum atomic E-state index is -0.904. The maximum atomic E-state index is 13.0. The molecule has 8 heteroatoms. The number of hydrogen-bond donors (Lipinski definition) is 1. The van der Waals surface area contributed by atoms with E-state index in [-0.39, 0.29) is 12.1 Å². The highest BCUT2D eigenvalue weighted by Gasteiger charge is 2.34. The van der Waals surface area contributed by atoms with E-state index in [1.807, 2.05) is 0 Å². The molecule has 2 aliphatic heterocycles. The van der Waals surface area contributed by atoms with Crippen LogP contribution in [0.1, 0.15) is 19.3 Å². The standard InChI is InChI=1S/C21H29N3O5/c1-27-18-9-16-17(10-19(18)28-2)22-14-24(20(16)25)13-21(26)4-6-23(7-5-21)11-15-3-8-29-12-15/h9-10,14-15,26H,3-8,11-13H2,1-2H3/t15-/m1/s1. The zero-order valence-electron chi connectivity index (χ0n) is 17.1. The van der Waals surface area contributed by atoms with Crippen molar-refractivity contribution >= 4 is 10.9 Å². The predicted octanol–water partition coefficient (Wildman–Crippen LogP) is 1.28. The monoisotopic (exact) mass is 403 g/mol. The number of aliphatic hydroxyl groups is 1. The molecule has 0 saturated carbocycles. The second kappa shape index (κ2) is 8.30. The van der Waals surface area contributed by atoms with Gasteiger partial charge in [0.2, 0.25) is 0 Å². The molecule has 2 fully saturated rings. The molecule has 0 aliphatic carbocycles. The van der Waals surface area contributed by atoms with E-state index < -0.39 is 5.60 Å². The number of aromatic nitrogens is 2. The highest BCUT2D eigenvalue weighted by atomic mass is 16.5. The van der Waals surface area contributed by atoms with Gasteiger partial charge in [0.1, 0.15) is 0 Å². The Morgan fingerprint density at radius 3 is 2.62 bits per heavy atom. The minimum absolute atomic E-state index is 0.185. The van der Waals surface area contributed by atoms with Crippen molar-refractivity contribution in [1.82, 2.24) is 14.5 Å². The molecule has 3 heterocycles. The van der Waals surface area contributed by atoms with Crippen LogP contribution < -0.4 is 15.0 Å². The van der Waals surface area contributed by atoms with Gasteiger partial charge in [0.25, 0.3) is 5.56 Å². The van der Waals surface area contributed by atoms with Crippen molar-refractivity contribution in [3.05, 3.63) is 28.8 Å². The van der Waals surface area contributed by atoms with Crippen molar-refractivity contribution in [2.24, 2.45) is 5.92 Å². The zero-order valence-corrected chi connectivity index (χ0v) is 17.1. The minimum Gasteiger partial charge on any atom is -0.493 e. The molecule has 8 nitrogen and oxygen atoms in total. The average molecular weight is 403 g/mol. The smallest absolute Gasteiger partial charge is 0.261 e. The van der Waals surface area contributed by atoms with Gasteiger partial charge in [-0.25, -0.2) is 4.98 Å². The lowest BCUT2D eigenvalue weighted by Gasteiger charge is -2.39. The van der Waals surface area contributed by atoms with Crippen molar-refractivity contribution in [1.29, 1.82) is 0 Å². The molecule has 0 unspecified atom stereocenters. The van der Waals surface area contributed by atoms with Crippen LogP contribution in [0, 0.1) is 5.92 Å². The van der Waals surface area contributed by atoms with Gasteiger partial charge in [0, 0.05) is 32.3 Å². The Kier molecular flexibility index (Phi) is 5.76. The second-order valence-electron chi connectivity index (χ2n) is 8.16. The third-order valence-electron chi connectivity index (χ3n) is 6.12. The van der Waals surface area contributed by atoms with Crippen molar-refractivity contribution in [3.8, 4) is 11.5 Å². The number of benzene rings is 1. The zero-order chi connectivity index (χ0) is 20.4. The van der Waals surface area contributed by atoms with Gasteiger partial charge in [-0.2, -0.15) is 0 Å². The van der Waals surface area contributed by atoms with Gasteiger partial charge >= 0.3 is 0 Å². The van der Waals surface area contributed by atoms with Crippen molar-refractivity contribution in [2.75, 3.05) is 47.1 Å². The van der Waals surface area contributed by atoms with Gasteiger partial charge in [0.15, 0.2) is 11.5 Å². The van der Waals surface area contributed by atoms with Crippen molar-refractivity contribution in [3.63, 3.8) is 0 Å². The second-order valence-corrected chi connectivity index (χ2v) is 8.16. The molecule has 1 aromatic heterocycles. The van der Waals surface area contributed by atoms with Crippen LogP contribution in [-0.4, -0.2) is 72.2 Å². The fourth-order valence-electron chi connectivity index (χ4n) is 4.32. The van der Waals surface area contributed by atoms with Crippen molar-refractivity contribution in [2.45, 2.75) is 31.4 Å². The number of likely N-dealkylation sites (tertiary alicyclic amines) is 1. The summed E-state index contributed by atoms with van der Waals surface area (Å²) in [7, 11) is 3.08. The summed E-state index contributed by atoms with van der Waals surface area (Å²) >= 11 is 0. The Morgan fingerprint density at radius 2 is 1.97 bits per heavy atom. The molecule has 4 rings (SSSR count). The molecular weight excluding hydrogens is 374 g/mol. The molecule has 158 valence electrons. The van der Waals surface area contributed by atoms with Gasteiger partial charge < -0.3 is 24.2 Å². The van der Waals surface area contributed by atoms with Crippen molar-refractivity contribution < 1.29 is 19.3 Å². The van der Waals surface area contributed by atoms with Crippen LogP contribution in [0.3, 0.4) is 0 Å². The number of hydrogen-bond acceptors (Lipinski definition) is 7. The first-order valence-corrected chi connectivity index (χ1v) is 10.1. The lowest BCUT2D eigenvalue weighted by molar-refractivity contribution is -0.0374. The Bertz CT molecular complexity index is 914. The van der Waals surface area contributed by atoms with E-state index in [0.717, 1.165) is 39.3 Å². The molecule has 0 amide bonds. The van der Waals surface area contributed by atoms with Crippen LogP contribution in [-0.2, 0) is 11.3 Å². The highest BCUT2D eigenvalue weighted by Crippen LogP contribution is 2.30. The molecule has 0 radical (unpaired) electrons. The number of rotatable bonds is 6. The van der Waals surface area contributed by atoms with E-state index in [2.05, 4.69) is 9.88 Å². The summed E-state index contributed by atoms with van der Waals surface area (Å²) in [6.07, 6.45) is 3.90. The van der Waals surface area contributed by atoms with Gasteiger partial charge in [-0.3, -0.25) is 9.36 Å². The Hall–Kier alpha value is -2.16. The van der Waals surface area contributed by atoms with Crippen LogP contribution in [0.15, 0.2) is 23.3 Å². The highest BCUT2D eigenvalue weighted by molar-refractivity contribution is 5.81. The number of ether oxygens (including phenoxy) is 3. The topological polar surface area (TPSA) is 86.0 Å².